The Morgan fingerprint density at radius 3 is 3.06 bits per heavy atom. The summed E-state index contributed by atoms with van der Waals surface area (Å²) in [6.07, 6.45) is 2.23. The molecule has 3 rings (SSSR count). The van der Waals surface area contributed by atoms with Crippen LogP contribution < -0.4 is 5.32 Å². The van der Waals surface area contributed by atoms with Crippen LogP contribution in [0.5, 0.6) is 0 Å². The molecule has 1 aromatic heterocycles. The van der Waals surface area contributed by atoms with Crippen molar-refractivity contribution in [3.8, 4) is 11.5 Å². The lowest BCUT2D eigenvalue weighted by Crippen LogP contribution is -2.14. The van der Waals surface area contributed by atoms with Gasteiger partial charge in [0.15, 0.2) is 5.82 Å². The Bertz CT molecular complexity index is 561. The van der Waals surface area contributed by atoms with Crippen LogP contribution >= 0.6 is 11.6 Å². The quantitative estimate of drug-likeness (QED) is 0.904. The zero-order chi connectivity index (χ0) is 12.5. The molecule has 2 aromatic rings. The first-order chi connectivity index (χ1) is 8.74. The van der Waals surface area contributed by atoms with E-state index in [1.54, 1.807) is 0 Å². The van der Waals surface area contributed by atoms with Crippen LogP contribution in [0, 0.1) is 6.92 Å². The highest BCUT2D eigenvalue weighted by Gasteiger charge is 2.22. The summed E-state index contributed by atoms with van der Waals surface area (Å²) in [7, 11) is 0. The number of hydrogen-bond donors (Lipinski definition) is 1. The summed E-state index contributed by atoms with van der Waals surface area (Å²) < 4.78 is 5.31. The molecule has 1 saturated heterocycles. The number of rotatable bonds is 2. The molecule has 0 saturated carbocycles. The Kier molecular flexibility index (Phi) is 3.06. The minimum Gasteiger partial charge on any atom is -0.334 e. The van der Waals surface area contributed by atoms with Crippen LogP contribution in [0.1, 0.15) is 30.3 Å². The number of aryl methyl sites for hydroxylation is 1. The highest BCUT2D eigenvalue weighted by atomic mass is 35.5. The summed E-state index contributed by atoms with van der Waals surface area (Å²) in [6, 6.07) is 5.94. The number of hydrogen-bond acceptors (Lipinski definition) is 4. The van der Waals surface area contributed by atoms with Crippen LogP contribution in [0.2, 0.25) is 5.02 Å². The predicted octanol–water partition coefficient (Wildman–Crippen LogP) is 3.12. The molecule has 1 aromatic carbocycles. The molecular weight excluding hydrogens is 250 g/mol. The molecule has 1 aliphatic rings. The maximum Gasteiger partial charge on any atom is 0.257 e. The highest BCUT2D eigenvalue weighted by molar-refractivity contribution is 6.31. The van der Waals surface area contributed by atoms with Gasteiger partial charge in [0.05, 0.1) is 6.04 Å². The molecule has 1 fully saturated rings. The largest absolute Gasteiger partial charge is 0.334 e. The fraction of sp³-hybridized carbons (Fsp3) is 0.385. The van der Waals surface area contributed by atoms with E-state index in [1.807, 2.05) is 25.1 Å². The fourth-order valence-corrected chi connectivity index (χ4v) is 2.29. The Morgan fingerprint density at radius 2 is 2.33 bits per heavy atom. The van der Waals surface area contributed by atoms with E-state index in [9.17, 15) is 0 Å². The third-order valence-corrected chi connectivity index (χ3v) is 3.64. The standard InChI is InChI=1S/C13H14ClN3O/c1-8-7-9(4-5-10(8)14)13-16-12(17-18-13)11-3-2-6-15-11/h4-5,7,11,15H,2-3,6H2,1H3. The molecule has 1 N–H and O–H groups in total. The summed E-state index contributed by atoms with van der Waals surface area (Å²) in [5.74, 6) is 1.30. The minimum atomic E-state index is 0.232. The molecule has 18 heavy (non-hydrogen) atoms. The van der Waals surface area contributed by atoms with Crippen molar-refractivity contribution < 1.29 is 4.52 Å². The fourth-order valence-electron chi connectivity index (χ4n) is 2.18. The Labute approximate surface area is 110 Å². The van der Waals surface area contributed by atoms with Gasteiger partial charge in [-0.2, -0.15) is 4.98 Å². The normalized spacial score (nSPS) is 19.3. The van der Waals surface area contributed by atoms with Crippen LogP contribution in [-0.2, 0) is 0 Å². The zero-order valence-electron chi connectivity index (χ0n) is 10.1. The smallest absolute Gasteiger partial charge is 0.257 e. The summed E-state index contributed by atoms with van der Waals surface area (Å²) in [6.45, 7) is 2.98. The lowest BCUT2D eigenvalue weighted by molar-refractivity contribution is 0.412. The molecule has 1 unspecified atom stereocenters. The van der Waals surface area contributed by atoms with E-state index in [0.29, 0.717) is 5.89 Å². The topological polar surface area (TPSA) is 51.0 Å². The van der Waals surface area contributed by atoms with Crippen LogP contribution in [0.4, 0.5) is 0 Å². The van der Waals surface area contributed by atoms with Crippen LogP contribution in [0.25, 0.3) is 11.5 Å². The van der Waals surface area contributed by atoms with E-state index >= 15 is 0 Å². The summed E-state index contributed by atoms with van der Waals surface area (Å²) in [4.78, 5) is 4.45. The average molecular weight is 264 g/mol. The molecule has 0 spiro atoms. The molecule has 0 radical (unpaired) electrons. The second-order valence-electron chi connectivity index (χ2n) is 4.57. The second-order valence-corrected chi connectivity index (χ2v) is 4.98. The van der Waals surface area contributed by atoms with Gasteiger partial charge in [-0.25, -0.2) is 0 Å². The number of nitrogens with zero attached hydrogens (tertiary/aromatic N) is 2. The number of benzene rings is 1. The number of aromatic nitrogens is 2. The molecule has 1 aliphatic heterocycles. The van der Waals surface area contributed by atoms with Gasteiger partial charge in [0.2, 0.25) is 0 Å². The predicted molar refractivity (Wildman–Crippen MR) is 69.5 cm³/mol. The maximum atomic E-state index is 6.00. The molecule has 0 bridgehead atoms. The summed E-state index contributed by atoms with van der Waals surface area (Å²) >= 11 is 6.00. The molecule has 0 aliphatic carbocycles. The van der Waals surface area contributed by atoms with Gasteiger partial charge in [0.25, 0.3) is 5.89 Å². The van der Waals surface area contributed by atoms with Gasteiger partial charge in [-0.15, -0.1) is 0 Å². The third kappa shape index (κ3) is 2.13. The SMILES string of the molecule is Cc1cc(-c2nc(C3CCCN3)no2)ccc1Cl. The Balaban J connectivity index is 1.89. The van der Waals surface area contributed by atoms with Gasteiger partial charge in [0, 0.05) is 10.6 Å². The monoisotopic (exact) mass is 263 g/mol. The van der Waals surface area contributed by atoms with Crippen molar-refractivity contribution in [3.05, 3.63) is 34.6 Å². The molecule has 4 nitrogen and oxygen atoms in total. The third-order valence-electron chi connectivity index (χ3n) is 3.22. The van der Waals surface area contributed by atoms with Crippen molar-refractivity contribution in [2.75, 3.05) is 6.54 Å². The van der Waals surface area contributed by atoms with Crippen LogP contribution in [-0.4, -0.2) is 16.7 Å². The second kappa shape index (κ2) is 4.71. The minimum absolute atomic E-state index is 0.232. The van der Waals surface area contributed by atoms with Gasteiger partial charge >= 0.3 is 0 Å². The summed E-state index contributed by atoms with van der Waals surface area (Å²) in [5, 5.41) is 8.14. The van der Waals surface area contributed by atoms with E-state index in [4.69, 9.17) is 16.1 Å². The highest BCUT2D eigenvalue weighted by Crippen LogP contribution is 2.26. The lowest BCUT2D eigenvalue weighted by Gasteiger charge is -2.02. The first-order valence-electron chi connectivity index (χ1n) is 6.07. The van der Waals surface area contributed by atoms with E-state index in [2.05, 4.69) is 15.5 Å². The van der Waals surface area contributed by atoms with Crippen LogP contribution in [0.15, 0.2) is 22.7 Å². The van der Waals surface area contributed by atoms with Gasteiger partial charge in [-0.1, -0.05) is 16.8 Å². The maximum absolute atomic E-state index is 6.00. The molecule has 94 valence electrons. The van der Waals surface area contributed by atoms with Crippen molar-refractivity contribution in [1.29, 1.82) is 0 Å². The molecular formula is C13H14ClN3O. The first kappa shape index (κ1) is 11.7. The number of nitrogens with one attached hydrogen (secondary N) is 1. The molecule has 0 amide bonds. The van der Waals surface area contributed by atoms with Gasteiger partial charge in [-0.05, 0) is 50.1 Å². The van der Waals surface area contributed by atoms with E-state index in [1.165, 1.54) is 0 Å². The van der Waals surface area contributed by atoms with Crippen LogP contribution in [0.3, 0.4) is 0 Å². The Morgan fingerprint density at radius 1 is 1.44 bits per heavy atom. The van der Waals surface area contributed by atoms with E-state index in [0.717, 1.165) is 41.4 Å². The van der Waals surface area contributed by atoms with Crippen molar-refractivity contribution in [2.45, 2.75) is 25.8 Å². The van der Waals surface area contributed by atoms with Crippen molar-refractivity contribution in [1.82, 2.24) is 15.5 Å². The first-order valence-corrected chi connectivity index (χ1v) is 6.45. The van der Waals surface area contributed by atoms with Gasteiger partial charge < -0.3 is 9.84 Å². The van der Waals surface area contributed by atoms with Crippen molar-refractivity contribution in [3.63, 3.8) is 0 Å². The molecule has 2 heterocycles. The molecule has 1 atom stereocenters. The zero-order valence-corrected chi connectivity index (χ0v) is 10.9. The van der Waals surface area contributed by atoms with E-state index in [-0.39, 0.29) is 6.04 Å². The van der Waals surface area contributed by atoms with Gasteiger partial charge in [-0.3, -0.25) is 0 Å². The van der Waals surface area contributed by atoms with Crippen molar-refractivity contribution in [2.24, 2.45) is 0 Å². The molecule has 5 heteroatoms. The van der Waals surface area contributed by atoms with E-state index < -0.39 is 0 Å². The average Bonchev–Trinajstić information content (AvgIpc) is 3.01. The Hall–Kier alpha value is -1.39. The number of halogens is 1. The van der Waals surface area contributed by atoms with Gasteiger partial charge in [0.1, 0.15) is 0 Å². The lowest BCUT2D eigenvalue weighted by atomic mass is 10.1. The summed E-state index contributed by atoms with van der Waals surface area (Å²) in [5.41, 5.74) is 1.92. The van der Waals surface area contributed by atoms with Crippen molar-refractivity contribution >= 4 is 11.6 Å².